The fraction of sp³-hybridized carbons (Fsp3) is 0.100. The summed E-state index contributed by atoms with van der Waals surface area (Å²) >= 11 is 0. The standard InChI is InChI=1S/C20H17NO4/c22-19(13-25-20(23)14-24-18-8-2-1-3-9-18)21-17-11-10-15-6-4-5-7-16(15)12-17/h1-12H,13-14H2,(H,21,22). The predicted molar refractivity (Wildman–Crippen MR) is 95.5 cm³/mol. The van der Waals surface area contributed by atoms with E-state index in [0.717, 1.165) is 10.8 Å². The van der Waals surface area contributed by atoms with E-state index in [1.54, 1.807) is 30.3 Å². The third-order valence-electron chi connectivity index (χ3n) is 3.50. The Morgan fingerprint density at radius 2 is 1.52 bits per heavy atom. The van der Waals surface area contributed by atoms with E-state index >= 15 is 0 Å². The first kappa shape index (κ1) is 16.5. The lowest BCUT2D eigenvalue weighted by molar-refractivity contribution is -0.149. The van der Waals surface area contributed by atoms with Crippen molar-refractivity contribution in [2.45, 2.75) is 0 Å². The summed E-state index contributed by atoms with van der Waals surface area (Å²) in [6.07, 6.45) is 0. The molecule has 0 aliphatic carbocycles. The first-order chi connectivity index (χ1) is 12.2. The third-order valence-corrected chi connectivity index (χ3v) is 3.50. The molecular weight excluding hydrogens is 318 g/mol. The van der Waals surface area contributed by atoms with Crippen LogP contribution in [0.3, 0.4) is 0 Å². The number of carbonyl (C=O) groups is 2. The fourth-order valence-electron chi connectivity index (χ4n) is 2.31. The number of para-hydroxylation sites is 1. The van der Waals surface area contributed by atoms with Gasteiger partial charge in [-0.25, -0.2) is 4.79 Å². The van der Waals surface area contributed by atoms with E-state index in [-0.39, 0.29) is 13.2 Å². The van der Waals surface area contributed by atoms with Crippen LogP contribution in [0.15, 0.2) is 72.8 Å². The monoisotopic (exact) mass is 335 g/mol. The topological polar surface area (TPSA) is 64.6 Å². The molecule has 25 heavy (non-hydrogen) atoms. The van der Waals surface area contributed by atoms with Gasteiger partial charge in [-0.05, 0) is 35.0 Å². The molecule has 0 aliphatic heterocycles. The molecule has 0 heterocycles. The summed E-state index contributed by atoms with van der Waals surface area (Å²) in [6.45, 7) is -0.600. The van der Waals surface area contributed by atoms with Gasteiger partial charge < -0.3 is 14.8 Å². The Kier molecular flexibility index (Phi) is 5.26. The second-order valence-electron chi connectivity index (χ2n) is 5.37. The van der Waals surface area contributed by atoms with Gasteiger partial charge in [0.1, 0.15) is 5.75 Å². The highest BCUT2D eigenvalue weighted by Crippen LogP contribution is 2.18. The van der Waals surface area contributed by atoms with E-state index < -0.39 is 11.9 Å². The number of fused-ring (bicyclic) bond motifs is 1. The highest BCUT2D eigenvalue weighted by atomic mass is 16.6. The number of hydrogen-bond donors (Lipinski definition) is 1. The highest BCUT2D eigenvalue weighted by Gasteiger charge is 2.09. The van der Waals surface area contributed by atoms with Crippen LogP contribution in [0.2, 0.25) is 0 Å². The number of anilines is 1. The summed E-state index contributed by atoms with van der Waals surface area (Å²) in [5.74, 6) is -0.430. The fourth-order valence-corrected chi connectivity index (χ4v) is 2.31. The van der Waals surface area contributed by atoms with Crippen molar-refractivity contribution in [3.05, 3.63) is 72.8 Å². The quantitative estimate of drug-likeness (QED) is 0.701. The zero-order valence-corrected chi connectivity index (χ0v) is 13.5. The van der Waals surface area contributed by atoms with Gasteiger partial charge in [-0.15, -0.1) is 0 Å². The zero-order chi connectivity index (χ0) is 17.5. The van der Waals surface area contributed by atoms with E-state index in [2.05, 4.69) is 5.32 Å². The van der Waals surface area contributed by atoms with Crippen LogP contribution in [-0.4, -0.2) is 25.1 Å². The zero-order valence-electron chi connectivity index (χ0n) is 13.5. The maximum absolute atomic E-state index is 11.9. The van der Waals surface area contributed by atoms with Crippen LogP contribution in [0.5, 0.6) is 5.75 Å². The van der Waals surface area contributed by atoms with Gasteiger partial charge in [0.25, 0.3) is 5.91 Å². The van der Waals surface area contributed by atoms with E-state index in [4.69, 9.17) is 9.47 Å². The van der Waals surface area contributed by atoms with Crippen molar-refractivity contribution in [2.75, 3.05) is 18.5 Å². The van der Waals surface area contributed by atoms with Crippen LogP contribution >= 0.6 is 0 Å². The summed E-state index contributed by atoms with van der Waals surface area (Å²) in [5, 5.41) is 4.82. The van der Waals surface area contributed by atoms with Crippen molar-refractivity contribution >= 4 is 28.3 Å². The van der Waals surface area contributed by atoms with E-state index in [1.807, 2.05) is 42.5 Å². The van der Waals surface area contributed by atoms with Crippen molar-refractivity contribution in [1.82, 2.24) is 0 Å². The summed E-state index contributed by atoms with van der Waals surface area (Å²) in [7, 11) is 0. The average Bonchev–Trinajstić information content (AvgIpc) is 2.65. The van der Waals surface area contributed by atoms with E-state index in [0.29, 0.717) is 11.4 Å². The molecule has 5 heteroatoms. The Morgan fingerprint density at radius 3 is 2.32 bits per heavy atom. The SMILES string of the molecule is O=C(COC(=O)COc1ccccc1)Nc1ccc2ccccc2c1. The molecule has 1 amide bonds. The highest BCUT2D eigenvalue weighted by molar-refractivity contribution is 5.95. The van der Waals surface area contributed by atoms with Crippen LogP contribution < -0.4 is 10.1 Å². The number of carbonyl (C=O) groups excluding carboxylic acids is 2. The number of nitrogens with one attached hydrogen (secondary N) is 1. The van der Waals surface area contributed by atoms with Gasteiger partial charge in [-0.3, -0.25) is 4.79 Å². The second kappa shape index (κ2) is 7.97. The maximum atomic E-state index is 11.9. The molecule has 0 radical (unpaired) electrons. The average molecular weight is 335 g/mol. The van der Waals surface area contributed by atoms with Crippen molar-refractivity contribution in [1.29, 1.82) is 0 Å². The smallest absolute Gasteiger partial charge is 0.344 e. The number of ether oxygens (including phenoxy) is 2. The van der Waals surface area contributed by atoms with Crippen molar-refractivity contribution in [3.63, 3.8) is 0 Å². The summed E-state index contributed by atoms with van der Waals surface area (Å²) in [5.41, 5.74) is 0.653. The molecule has 0 bridgehead atoms. The number of amides is 1. The second-order valence-corrected chi connectivity index (χ2v) is 5.37. The van der Waals surface area contributed by atoms with Gasteiger partial charge in [0.05, 0.1) is 0 Å². The molecule has 0 fully saturated rings. The Balaban J connectivity index is 1.46. The van der Waals surface area contributed by atoms with Gasteiger partial charge in [0, 0.05) is 5.69 Å². The number of rotatable bonds is 6. The number of benzene rings is 3. The lowest BCUT2D eigenvalue weighted by atomic mass is 10.1. The molecule has 0 unspecified atom stereocenters. The molecule has 3 aromatic rings. The molecule has 0 aromatic heterocycles. The summed E-state index contributed by atoms with van der Waals surface area (Å²) in [6, 6.07) is 22.4. The van der Waals surface area contributed by atoms with Gasteiger partial charge in [0.15, 0.2) is 13.2 Å². The van der Waals surface area contributed by atoms with Gasteiger partial charge in [-0.2, -0.15) is 0 Å². The lowest BCUT2D eigenvalue weighted by Crippen LogP contribution is -2.23. The molecule has 3 aromatic carbocycles. The van der Waals surface area contributed by atoms with Gasteiger partial charge >= 0.3 is 5.97 Å². The molecule has 0 atom stereocenters. The Labute approximate surface area is 145 Å². The number of hydrogen-bond acceptors (Lipinski definition) is 4. The van der Waals surface area contributed by atoms with Crippen LogP contribution in [-0.2, 0) is 14.3 Å². The van der Waals surface area contributed by atoms with Gasteiger partial charge in [0.2, 0.25) is 0 Å². The predicted octanol–water partition coefficient (Wildman–Crippen LogP) is 3.40. The van der Waals surface area contributed by atoms with Crippen molar-refractivity contribution < 1.29 is 19.1 Å². The van der Waals surface area contributed by atoms with Crippen molar-refractivity contribution in [2.24, 2.45) is 0 Å². The van der Waals surface area contributed by atoms with Gasteiger partial charge in [-0.1, -0.05) is 48.5 Å². The molecular formula is C20H17NO4. The molecule has 126 valence electrons. The molecule has 0 aliphatic rings. The minimum Gasteiger partial charge on any atom is -0.482 e. The minimum absolute atomic E-state index is 0.243. The van der Waals surface area contributed by atoms with Crippen LogP contribution in [0.4, 0.5) is 5.69 Å². The molecule has 0 spiro atoms. The minimum atomic E-state index is -0.600. The molecule has 1 N–H and O–H groups in total. The summed E-state index contributed by atoms with van der Waals surface area (Å²) < 4.78 is 10.2. The van der Waals surface area contributed by atoms with Crippen LogP contribution in [0.25, 0.3) is 10.8 Å². The van der Waals surface area contributed by atoms with E-state index in [9.17, 15) is 9.59 Å². The first-order valence-corrected chi connectivity index (χ1v) is 7.83. The van der Waals surface area contributed by atoms with E-state index in [1.165, 1.54) is 0 Å². The Bertz CT molecular complexity index is 877. The lowest BCUT2D eigenvalue weighted by Gasteiger charge is -2.08. The van der Waals surface area contributed by atoms with Crippen LogP contribution in [0, 0.1) is 0 Å². The first-order valence-electron chi connectivity index (χ1n) is 7.83. The van der Waals surface area contributed by atoms with Crippen molar-refractivity contribution in [3.8, 4) is 5.75 Å². The Hall–Kier alpha value is -3.34. The Morgan fingerprint density at radius 1 is 0.800 bits per heavy atom. The molecule has 5 nitrogen and oxygen atoms in total. The molecule has 0 saturated carbocycles. The van der Waals surface area contributed by atoms with Crippen LogP contribution in [0.1, 0.15) is 0 Å². The third kappa shape index (κ3) is 4.81. The molecule has 0 saturated heterocycles. The number of esters is 1. The largest absolute Gasteiger partial charge is 0.482 e. The maximum Gasteiger partial charge on any atom is 0.344 e. The molecule has 3 rings (SSSR count). The summed E-state index contributed by atoms with van der Waals surface area (Å²) in [4.78, 5) is 23.5. The normalized spacial score (nSPS) is 10.2.